The third kappa shape index (κ3) is 2.86. The van der Waals surface area contributed by atoms with Crippen LogP contribution in [-0.2, 0) is 4.79 Å². The zero-order valence-corrected chi connectivity index (χ0v) is 9.60. The van der Waals surface area contributed by atoms with E-state index in [2.05, 4.69) is 0 Å². The van der Waals surface area contributed by atoms with Crippen LogP contribution in [-0.4, -0.2) is 11.1 Å². The molecule has 0 aromatic heterocycles. The molecule has 0 fully saturated rings. The van der Waals surface area contributed by atoms with Gasteiger partial charge in [-0.15, -0.1) is 0 Å². The molecule has 16 heavy (non-hydrogen) atoms. The Balaban J connectivity index is 3.05. The smallest absolute Gasteiger partial charge is 0.304 e. The quantitative estimate of drug-likeness (QED) is 0.817. The van der Waals surface area contributed by atoms with Gasteiger partial charge in [-0.2, -0.15) is 0 Å². The molecule has 3 N–H and O–H groups in total. The van der Waals surface area contributed by atoms with E-state index < -0.39 is 11.4 Å². The highest BCUT2D eigenvalue weighted by molar-refractivity contribution is 5.76. The Labute approximate surface area is 95.6 Å². The van der Waals surface area contributed by atoms with Gasteiger partial charge >= 0.3 is 5.97 Å². The normalized spacial score (nSPS) is 12.5. The van der Waals surface area contributed by atoms with Gasteiger partial charge in [0.15, 0.2) is 0 Å². The van der Waals surface area contributed by atoms with Gasteiger partial charge in [0.25, 0.3) is 0 Å². The van der Waals surface area contributed by atoms with Gasteiger partial charge in [-0.05, 0) is 17.3 Å². The zero-order chi connectivity index (χ0) is 12.2. The summed E-state index contributed by atoms with van der Waals surface area (Å²) in [7, 11) is 0. The fraction of sp³-hybridized carbons (Fsp3) is 0.308. The summed E-state index contributed by atoms with van der Waals surface area (Å²) >= 11 is 0. The summed E-state index contributed by atoms with van der Waals surface area (Å²) in [6.45, 7) is 3.76. The van der Waals surface area contributed by atoms with E-state index in [0.29, 0.717) is 0 Å². The fourth-order valence-corrected chi connectivity index (χ4v) is 1.80. The number of nitrogens with two attached hydrogens (primary N) is 1. The lowest BCUT2D eigenvalue weighted by Crippen LogP contribution is -2.19. The molecule has 0 spiro atoms. The van der Waals surface area contributed by atoms with Crippen molar-refractivity contribution in [3.05, 3.63) is 42.1 Å². The number of aliphatic carboxylic acids is 1. The maximum atomic E-state index is 10.8. The number of carboxylic acids is 1. The summed E-state index contributed by atoms with van der Waals surface area (Å²) in [6, 6.07) is 9.61. The van der Waals surface area contributed by atoms with Crippen molar-refractivity contribution in [2.45, 2.75) is 20.3 Å². The minimum absolute atomic E-state index is 0.0604. The number of carbonyl (C=O) groups is 1. The van der Waals surface area contributed by atoms with E-state index in [1.807, 2.05) is 44.2 Å². The molecular formula is C13H17NO2. The molecule has 0 saturated heterocycles. The summed E-state index contributed by atoms with van der Waals surface area (Å²) < 4.78 is 0. The van der Waals surface area contributed by atoms with Crippen LogP contribution < -0.4 is 5.73 Å². The second-order valence-electron chi connectivity index (χ2n) is 4.40. The first-order valence-electron chi connectivity index (χ1n) is 5.17. The van der Waals surface area contributed by atoms with E-state index in [9.17, 15) is 4.79 Å². The summed E-state index contributed by atoms with van der Waals surface area (Å²) in [5.41, 5.74) is 6.97. The fourth-order valence-electron chi connectivity index (χ4n) is 1.80. The topological polar surface area (TPSA) is 63.3 Å². The van der Waals surface area contributed by atoms with E-state index in [4.69, 9.17) is 10.8 Å². The van der Waals surface area contributed by atoms with Crippen molar-refractivity contribution < 1.29 is 9.90 Å². The summed E-state index contributed by atoms with van der Waals surface area (Å²) in [5.74, 6) is -0.819. The van der Waals surface area contributed by atoms with E-state index in [0.717, 1.165) is 11.1 Å². The molecule has 86 valence electrons. The number of allylic oxidation sites excluding steroid dienone is 1. The first-order valence-corrected chi connectivity index (χ1v) is 5.17. The van der Waals surface area contributed by atoms with Crippen LogP contribution in [0.3, 0.4) is 0 Å². The lowest BCUT2D eigenvalue weighted by atomic mass is 9.78. The largest absolute Gasteiger partial charge is 0.481 e. The van der Waals surface area contributed by atoms with Gasteiger partial charge in [0.05, 0.1) is 6.42 Å². The number of carboxylic acid groups (broad SMARTS) is 1. The third-order valence-electron chi connectivity index (χ3n) is 2.57. The molecule has 0 aliphatic carbocycles. The third-order valence-corrected chi connectivity index (χ3v) is 2.57. The lowest BCUT2D eigenvalue weighted by molar-refractivity contribution is -0.138. The Morgan fingerprint density at radius 3 is 2.38 bits per heavy atom. The van der Waals surface area contributed by atoms with Crippen LogP contribution in [0, 0.1) is 5.41 Å². The Bertz CT molecular complexity index is 394. The van der Waals surface area contributed by atoms with E-state index in [-0.39, 0.29) is 6.42 Å². The summed E-state index contributed by atoms with van der Waals surface area (Å²) in [5, 5.41) is 8.87. The standard InChI is InChI=1S/C13H17NO2/c1-13(2,8-12(15)16)11(9-14)10-6-4-3-5-7-10/h3-7,9H,8,14H2,1-2H3,(H,15,16). The number of hydrogen-bond acceptors (Lipinski definition) is 2. The van der Waals surface area contributed by atoms with Crippen LogP contribution in [0.1, 0.15) is 25.8 Å². The molecule has 0 bridgehead atoms. The SMILES string of the molecule is CC(C)(CC(=O)O)C(=CN)c1ccccc1. The molecule has 0 radical (unpaired) electrons. The van der Waals surface area contributed by atoms with Crippen molar-refractivity contribution >= 4 is 11.5 Å². The van der Waals surface area contributed by atoms with E-state index in [1.54, 1.807) is 0 Å². The molecule has 0 atom stereocenters. The molecule has 1 aromatic rings. The zero-order valence-electron chi connectivity index (χ0n) is 9.60. The van der Waals surface area contributed by atoms with Crippen LogP contribution >= 0.6 is 0 Å². The van der Waals surface area contributed by atoms with E-state index >= 15 is 0 Å². The lowest BCUT2D eigenvalue weighted by Gasteiger charge is -2.26. The second-order valence-corrected chi connectivity index (χ2v) is 4.40. The molecule has 1 rings (SSSR count). The summed E-state index contributed by atoms with van der Waals surface area (Å²) in [4.78, 5) is 10.8. The van der Waals surface area contributed by atoms with Gasteiger partial charge in [-0.25, -0.2) is 0 Å². The molecule has 3 heteroatoms. The van der Waals surface area contributed by atoms with Crippen molar-refractivity contribution in [2.75, 3.05) is 0 Å². The Morgan fingerprint density at radius 2 is 1.94 bits per heavy atom. The predicted molar refractivity (Wildman–Crippen MR) is 64.6 cm³/mol. The molecule has 0 amide bonds. The predicted octanol–water partition coefficient (Wildman–Crippen LogP) is 2.49. The van der Waals surface area contributed by atoms with Crippen LogP contribution in [0.4, 0.5) is 0 Å². The average molecular weight is 219 g/mol. The van der Waals surface area contributed by atoms with Crippen LogP contribution in [0.5, 0.6) is 0 Å². The van der Waals surface area contributed by atoms with Crippen LogP contribution in [0.15, 0.2) is 36.5 Å². The van der Waals surface area contributed by atoms with Crippen molar-refractivity contribution in [1.82, 2.24) is 0 Å². The number of rotatable bonds is 4. The minimum Gasteiger partial charge on any atom is -0.481 e. The van der Waals surface area contributed by atoms with Gasteiger partial charge < -0.3 is 10.8 Å². The van der Waals surface area contributed by atoms with Crippen molar-refractivity contribution in [1.29, 1.82) is 0 Å². The van der Waals surface area contributed by atoms with E-state index in [1.165, 1.54) is 6.20 Å². The Kier molecular flexibility index (Phi) is 3.72. The molecule has 0 aliphatic rings. The number of benzene rings is 1. The molecule has 0 aliphatic heterocycles. The molecule has 0 saturated carbocycles. The molecule has 3 nitrogen and oxygen atoms in total. The van der Waals surface area contributed by atoms with Crippen LogP contribution in [0.25, 0.3) is 5.57 Å². The number of hydrogen-bond donors (Lipinski definition) is 2. The van der Waals surface area contributed by atoms with Gasteiger partial charge in [-0.3, -0.25) is 4.79 Å². The van der Waals surface area contributed by atoms with Gasteiger partial charge in [0.1, 0.15) is 0 Å². The monoisotopic (exact) mass is 219 g/mol. The van der Waals surface area contributed by atoms with Gasteiger partial charge in [0.2, 0.25) is 0 Å². The van der Waals surface area contributed by atoms with Crippen LogP contribution in [0.2, 0.25) is 0 Å². The molecule has 0 unspecified atom stereocenters. The second kappa shape index (κ2) is 4.84. The maximum Gasteiger partial charge on any atom is 0.304 e. The van der Waals surface area contributed by atoms with Gasteiger partial charge in [-0.1, -0.05) is 44.2 Å². The highest BCUT2D eigenvalue weighted by Crippen LogP contribution is 2.36. The first-order chi connectivity index (χ1) is 7.47. The molecule has 0 heterocycles. The molecular weight excluding hydrogens is 202 g/mol. The van der Waals surface area contributed by atoms with Gasteiger partial charge in [0, 0.05) is 5.41 Å². The maximum absolute atomic E-state index is 10.8. The highest BCUT2D eigenvalue weighted by atomic mass is 16.4. The summed E-state index contributed by atoms with van der Waals surface area (Å²) in [6.07, 6.45) is 1.56. The molecule has 1 aromatic carbocycles. The minimum atomic E-state index is -0.819. The average Bonchev–Trinajstić information content (AvgIpc) is 2.17. The van der Waals surface area contributed by atoms with Crippen molar-refractivity contribution in [3.63, 3.8) is 0 Å². The first kappa shape index (κ1) is 12.3. The Hall–Kier alpha value is -1.77. The van der Waals surface area contributed by atoms with Crippen molar-refractivity contribution in [3.8, 4) is 0 Å². The Morgan fingerprint density at radius 1 is 1.38 bits per heavy atom. The van der Waals surface area contributed by atoms with Crippen molar-refractivity contribution in [2.24, 2.45) is 11.1 Å². The highest BCUT2D eigenvalue weighted by Gasteiger charge is 2.27.